The largest absolute Gasteiger partial charge is 0.497 e. The molecule has 0 heterocycles. The van der Waals surface area contributed by atoms with E-state index in [-0.39, 0.29) is 0 Å². The van der Waals surface area contributed by atoms with Crippen molar-refractivity contribution in [2.75, 3.05) is 20.3 Å². The van der Waals surface area contributed by atoms with Gasteiger partial charge in [0.25, 0.3) is 0 Å². The van der Waals surface area contributed by atoms with Gasteiger partial charge in [0.2, 0.25) is 0 Å². The van der Waals surface area contributed by atoms with Gasteiger partial charge in [0.1, 0.15) is 5.75 Å². The molecule has 0 spiro atoms. The molecule has 0 aromatic heterocycles. The predicted octanol–water partition coefficient (Wildman–Crippen LogP) is 4.25. The Bertz CT molecular complexity index is 439. The normalized spacial score (nSPS) is 12.5. The predicted molar refractivity (Wildman–Crippen MR) is 81.4 cm³/mol. The Labute approximate surface area is 116 Å². The third-order valence-corrected chi connectivity index (χ3v) is 2.69. The van der Waals surface area contributed by atoms with E-state index in [0.717, 1.165) is 11.3 Å². The lowest BCUT2D eigenvalue weighted by Gasteiger charge is -1.99. The van der Waals surface area contributed by atoms with Crippen molar-refractivity contribution in [3.63, 3.8) is 0 Å². The molecule has 2 heteroatoms. The number of hydrogen-bond donors (Lipinski definition) is 0. The van der Waals surface area contributed by atoms with E-state index in [9.17, 15) is 0 Å². The van der Waals surface area contributed by atoms with Gasteiger partial charge < -0.3 is 9.47 Å². The molecule has 0 N–H and O–H groups in total. The van der Waals surface area contributed by atoms with Crippen LogP contribution in [0.15, 0.2) is 54.1 Å². The molecule has 0 bridgehead atoms. The van der Waals surface area contributed by atoms with E-state index in [2.05, 4.69) is 19.1 Å². The number of rotatable bonds is 7. The quantitative estimate of drug-likeness (QED) is 0.538. The Morgan fingerprint density at radius 1 is 1.11 bits per heavy atom. The molecule has 19 heavy (non-hydrogen) atoms. The first-order valence-corrected chi connectivity index (χ1v) is 6.44. The maximum atomic E-state index is 5.47. The fourth-order valence-corrected chi connectivity index (χ4v) is 1.43. The number of benzene rings is 1. The lowest BCUT2D eigenvalue weighted by Crippen LogP contribution is -1.90. The highest BCUT2D eigenvalue weighted by molar-refractivity contribution is 5.50. The van der Waals surface area contributed by atoms with Gasteiger partial charge in [-0.3, -0.25) is 0 Å². The lowest BCUT2D eigenvalue weighted by molar-refractivity contribution is 0.194. The maximum absolute atomic E-state index is 5.47. The van der Waals surface area contributed by atoms with Gasteiger partial charge in [-0.05, 0) is 31.5 Å². The minimum absolute atomic E-state index is 0.616. The Morgan fingerprint density at radius 3 is 2.42 bits per heavy atom. The Morgan fingerprint density at radius 2 is 1.79 bits per heavy atom. The smallest absolute Gasteiger partial charge is 0.118 e. The van der Waals surface area contributed by atoms with E-state index in [1.807, 2.05) is 49.4 Å². The van der Waals surface area contributed by atoms with Crippen LogP contribution in [0.2, 0.25) is 0 Å². The summed E-state index contributed by atoms with van der Waals surface area (Å²) in [6.45, 7) is 5.35. The molecule has 0 aliphatic carbocycles. The number of allylic oxidation sites excluding steroid dienone is 3. The summed E-state index contributed by atoms with van der Waals surface area (Å²) in [5.74, 6) is 0.873. The summed E-state index contributed by atoms with van der Waals surface area (Å²) in [7, 11) is 1.67. The van der Waals surface area contributed by atoms with Gasteiger partial charge in [0, 0.05) is 0 Å². The van der Waals surface area contributed by atoms with Crippen molar-refractivity contribution in [3.05, 3.63) is 59.7 Å². The van der Waals surface area contributed by atoms with Gasteiger partial charge in [-0.1, -0.05) is 48.1 Å². The number of hydrogen-bond acceptors (Lipinski definition) is 2. The molecule has 0 saturated heterocycles. The van der Waals surface area contributed by atoms with E-state index in [1.54, 1.807) is 7.11 Å². The monoisotopic (exact) mass is 258 g/mol. The standard InChI is InChI=1S/C17H22O2/c1-4-15(2)7-5-13-19-14-6-8-16-9-11-17(18-3)12-10-16/h4-12H,13-14H2,1-3H3/b7-5+,8-6+,15-4+. The molecule has 1 aromatic carbocycles. The van der Waals surface area contributed by atoms with E-state index >= 15 is 0 Å². The molecule has 0 aliphatic heterocycles. The van der Waals surface area contributed by atoms with Crippen LogP contribution in [0.25, 0.3) is 6.08 Å². The van der Waals surface area contributed by atoms with Crippen LogP contribution < -0.4 is 4.74 Å². The van der Waals surface area contributed by atoms with Crippen molar-refractivity contribution in [3.8, 4) is 5.75 Å². The molecule has 0 radical (unpaired) electrons. The molecule has 1 rings (SSSR count). The fraction of sp³-hybridized carbons (Fsp3) is 0.294. The number of methoxy groups -OCH3 is 1. The second kappa shape index (κ2) is 9.17. The maximum Gasteiger partial charge on any atom is 0.118 e. The summed E-state index contributed by atoms with van der Waals surface area (Å²) in [5, 5.41) is 0. The average molecular weight is 258 g/mol. The molecule has 0 saturated carbocycles. The third-order valence-electron chi connectivity index (χ3n) is 2.69. The van der Waals surface area contributed by atoms with Crippen LogP contribution >= 0.6 is 0 Å². The van der Waals surface area contributed by atoms with Gasteiger partial charge in [-0.25, -0.2) is 0 Å². The summed E-state index contributed by atoms with van der Waals surface area (Å²) in [5.41, 5.74) is 2.39. The minimum atomic E-state index is 0.616. The highest BCUT2D eigenvalue weighted by Crippen LogP contribution is 2.12. The first kappa shape index (κ1) is 15.3. The topological polar surface area (TPSA) is 18.5 Å². The summed E-state index contributed by atoms with van der Waals surface area (Å²) < 4.78 is 10.6. The van der Waals surface area contributed by atoms with Gasteiger partial charge in [0.05, 0.1) is 20.3 Å². The van der Waals surface area contributed by atoms with Crippen LogP contribution in [0, 0.1) is 0 Å². The van der Waals surface area contributed by atoms with Gasteiger partial charge in [-0.15, -0.1) is 0 Å². The summed E-state index contributed by atoms with van der Waals surface area (Å²) in [6, 6.07) is 7.93. The third kappa shape index (κ3) is 6.63. The molecular formula is C17H22O2. The molecule has 102 valence electrons. The zero-order valence-corrected chi connectivity index (χ0v) is 11.9. The molecule has 1 aromatic rings. The second-order valence-electron chi connectivity index (χ2n) is 4.15. The van der Waals surface area contributed by atoms with Crippen LogP contribution in [0.1, 0.15) is 19.4 Å². The first-order valence-electron chi connectivity index (χ1n) is 6.44. The van der Waals surface area contributed by atoms with Crippen LogP contribution in [0.4, 0.5) is 0 Å². The SMILES string of the molecule is C/C=C(C)/C=C/COC/C=C/c1ccc(OC)cc1. The fourth-order valence-electron chi connectivity index (χ4n) is 1.43. The Kier molecular flexibility index (Phi) is 7.37. The summed E-state index contributed by atoms with van der Waals surface area (Å²) in [4.78, 5) is 0. The molecule has 0 atom stereocenters. The zero-order chi connectivity index (χ0) is 13.9. The highest BCUT2D eigenvalue weighted by Gasteiger charge is 1.89. The zero-order valence-electron chi connectivity index (χ0n) is 11.9. The van der Waals surface area contributed by atoms with E-state index in [4.69, 9.17) is 9.47 Å². The van der Waals surface area contributed by atoms with Crippen molar-refractivity contribution in [2.45, 2.75) is 13.8 Å². The Hall–Kier alpha value is -1.80. The van der Waals surface area contributed by atoms with Crippen molar-refractivity contribution in [1.82, 2.24) is 0 Å². The van der Waals surface area contributed by atoms with E-state index in [1.165, 1.54) is 5.57 Å². The van der Waals surface area contributed by atoms with E-state index < -0.39 is 0 Å². The van der Waals surface area contributed by atoms with Crippen molar-refractivity contribution in [2.24, 2.45) is 0 Å². The van der Waals surface area contributed by atoms with Crippen molar-refractivity contribution < 1.29 is 9.47 Å². The van der Waals surface area contributed by atoms with Gasteiger partial charge in [-0.2, -0.15) is 0 Å². The van der Waals surface area contributed by atoms with Crippen molar-refractivity contribution in [1.29, 1.82) is 0 Å². The second-order valence-corrected chi connectivity index (χ2v) is 4.15. The van der Waals surface area contributed by atoms with Gasteiger partial charge in [0.15, 0.2) is 0 Å². The first-order chi connectivity index (χ1) is 9.26. The van der Waals surface area contributed by atoms with E-state index in [0.29, 0.717) is 13.2 Å². The van der Waals surface area contributed by atoms with Gasteiger partial charge >= 0.3 is 0 Å². The summed E-state index contributed by atoms with van der Waals surface area (Å²) in [6.07, 6.45) is 10.2. The molecule has 0 unspecified atom stereocenters. The van der Waals surface area contributed by atoms with Crippen LogP contribution in [0.3, 0.4) is 0 Å². The van der Waals surface area contributed by atoms with Crippen LogP contribution in [-0.2, 0) is 4.74 Å². The molecule has 0 aliphatic rings. The molecule has 0 amide bonds. The minimum Gasteiger partial charge on any atom is -0.497 e. The highest BCUT2D eigenvalue weighted by atomic mass is 16.5. The Balaban J connectivity index is 2.24. The average Bonchev–Trinajstić information content (AvgIpc) is 2.46. The lowest BCUT2D eigenvalue weighted by atomic mass is 10.2. The molecular weight excluding hydrogens is 236 g/mol. The van der Waals surface area contributed by atoms with Crippen molar-refractivity contribution >= 4 is 6.08 Å². The van der Waals surface area contributed by atoms with Crippen LogP contribution in [-0.4, -0.2) is 20.3 Å². The molecule has 2 nitrogen and oxygen atoms in total. The van der Waals surface area contributed by atoms with Crippen LogP contribution in [0.5, 0.6) is 5.75 Å². The number of ether oxygens (including phenoxy) is 2. The summed E-state index contributed by atoms with van der Waals surface area (Å²) >= 11 is 0. The molecule has 0 fully saturated rings.